The molecule has 5 nitrogen and oxygen atoms in total. The molecule has 3 rings (SSSR count). The van der Waals surface area contributed by atoms with Crippen LogP contribution in [0.15, 0.2) is 23.6 Å². The molecule has 2 heterocycles. The van der Waals surface area contributed by atoms with E-state index in [1.165, 1.54) is 0 Å². The third kappa shape index (κ3) is 4.51. The van der Waals surface area contributed by atoms with Gasteiger partial charge in [-0.05, 0) is 25.1 Å². The summed E-state index contributed by atoms with van der Waals surface area (Å²) in [5.41, 5.74) is 1.27. The van der Waals surface area contributed by atoms with E-state index >= 15 is 0 Å². The van der Waals surface area contributed by atoms with Crippen LogP contribution in [0.3, 0.4) is 0 Å². The van der Waals surface area contributed by atoms with E-state index in [9.17, 15) is 9.59 Å². The molecular formula is C17H17Cl2N3O2S. The van der Waals surface area contributed by atoms with Gasteiger partial charge >= 0.3 is 0 Å². The van der Waals surface area contributed by atoms with Crippen LogP contribution >= 0.6 is 34.5 Å². The molecule has 0 radical (unpaired) electrons. The Labute approximate surface area is 160 Å². The average Bonchev–Trinajstić information content (AvgIpc) is 2.98. The van der Waals surface area contributed by atoms with Gasteiger partial charge in [0.25, 0.3) is 5.91 Å². The van der Waals surface area contributed by atoms with E-state index in [0.29, 0.717) is 48.2 Å². The van der Waals surface area contributed by atoms with Crippen molar-refractivity contribution in [1.29, 1.82) is 0 Å². The molecule has 0 unspecified atom stereocenters. The number of benzene rings is 1. The van der Waals surface area contributed by atoms with Gasteiger partial charge in [-0.3, -0.25) is 9.59 Å². The summed E-state index contributed by atoms with van der Waals surface area (Å²) in [4.78, 5) is 32.8. The van der Waals surface area contributed by atoms with E-state index in [1.807, 2.05) is 12.3 Å². The summed E-state index contributed by atoms with van der Waals surface area (Å²) < 4.78 is 0. The average molecular weight is 398 g/mol. The molecule has 1 aliphatic heterocycles. The van der Waals surface area contributed by atoms with Crippen molar-refractivity contribution in [3.63, 3.8) is 0 Å². The number of halogens is 2. The Balaban J connectivity index is 1.57. The Kier molecular flexibility index (Phi) is 5.61. The van der Waals surface area contributed by atoms with Gasteiger partial charge in [-0.2, -0.15) is 0 Å². The van der Waals surface area contributed by atoms with Crippen molar-refractivity contribution < 1.29 is 9.59 Å². The number of aromatic nitrogens is 1. The standard InChI is InChI=1S/C17H17Cl2N3O2S/c1-11-20-15(10-25-11)9-16(23)21-2-4-22(5-3-21)17(24)12-6-13(18)8-14(19)7-12/h6-8,10H,2-5,9H2,1H3. The predicted molar refractivity (Wildman–Crippen MR) is 99.5 cm³/mol. The fourth-order valence-electron chi connectivity index (χ4n) is 2.77. The summed E-state index contributed by atoms with van der Waals surface area (Å²) in [5, 5.41) is 3.74. The molecule has 25 heavy (non-hydrogen) atoms. The maximum absolute atomic E-state index is 12.6. The highest BCUT2D eigenvalue weighted by Crippen LogP contribution is 2.21. The second-order valence-electron chi connectivity index (χ2n) is 5.87. The van der Waals surface area contributed by atoms with Crippen LogP contribution in [-0.4, -0.2) is 52.8 Å². The Morgan fingerprint density at radius 2 is 1.68 bits per heavy atom. The molecular weight excluding hydrogens is 381 g/mol. The third-order valence-electron chi connectivity index (χ3n) is 4.03. The van der Waals surface area contributed by atoms with Gasteiger partial charge in [0.05, 0.1) is 17.1 Å². The summed E-state index contributed by atoms with van der Waals surface area (Å²) in [7, 11) is 0. The Bertz CT molecular complexity index is 781. The Morgan fingerprint density at radius 1 is 1.08 bits per heavy atom. The minimum atomic E-state index is -0.119. The first-order valence-corrected chi connectivity index (χ1v) is 9.50. The molecule has 0 bridgehead atoms. The normalized spacial score (nSPS) is 14.7. The summed E-state index contributed by atoms with van der Waals surface area (Å²) in [6.45, 7) is 3.94. The molecule has 1 aliphatic rings. The second kappa shape index (κ2) is 7.72. The quantitative estimate of drug-likeness (QED) is 0.798. The molecule has 0 atom stereocenters. The van der Waals surface area contributed by atoms with Crippen molar-refractivity contribution in [2.75, 3.05) is 26.2 Å². The van der Waals surface area contributed by atoms with Crippen LogP contribution in [0, 0.1) is 6.92 Å². The first-order chi connectivity index (χ1) is 11.9. The number of amides is 2. The van der Waals surface area contributed by atoms with Crippen molar-refractivity contribution in [1.82, 2.24) is 14.8 Å². The molecule has 1 saturated heterocycles. The highest BCUT2D eigenvalue weighted by atomic mass is 35.5. The fourth-order valence-corrected chi connectivity index (χ4v) is 3.91. The molecule has 1 aromatic heterocycles. The van der Waals surface area contributed by atoms with E-state index < -0.39 is 0 Å². The van der Waals surface area contributed by atoms with Crippen molar-refractivity contribution >= 4 is 46.4 Å². The fraction of sp³-hybridized carbons (Fsp3) is 0.353. The van der Waals surface area contributed by atoms with Crippen LogP contribution in [0.4, 0.5) is 0 Å². The van der Waals surface area contributed by atoms with E-state index in [1.54, 1.807) is 39.3 Å². The van der Waals surface area contributed by atoms with Gasteiger partial charge in [0.2, 0.25) is 5.91 Å². The summed E-state index contributed by atoms with van der Waals surface area (Å²) in [5.74, 6) is -0.0742. The number of carbonyl (C=O) groups excluding carboxylic acids is 2. The Hall–Kier alpha value is -1.63. The topological polar surface area (TPSA) is 53.5 Å². The van der Waals surface area contributed by atoms with E-state index in [4.69, 9.17) is 23.2 Å². The molecule has 0 aliphatic carbocycles. The molecule has 1 fully saturated rings. The van der Waals surface area contributed by atoms with Crippen LogP contribution in [0.5, 0.6) is 0 Å². The zero-order valence-corrected chi connectivity index (χ0v) is 16.0. The predicted octanol–water partition coefficient (Wildman–Crippen LogP) is 3.29. The lowest BCUT2D eigenvalue weighted by Crippen LogP contribution is -2.51. The maximum Gasteiger partial charge on any atom is 0.254 e. The van der Waals surface area contributed by atoms with Gasteiger partial charge < -0.3 is 9.80 Å². The molecule has 1 aromatic carbocycles. The molecule has 8 heteroatoms. The SMILES string of the molecule is Cc1nc(CC(=O)N2CCN(C(=O)c3cc(Cl)cc(Cl)c3)CC2)cs1. The zero-order chi connectivity index (χ0) is 18.0. The third-order valence-corrected chi connectivity index (χ3v) is 5.29. The number of hydrogen-bond acceptors (Lipinski definition) is 4. The number of nitrogens with zero attached hydrogens (tertiary/aromatic N) is 3. The second-order valence-corrected chi connectivity index (χ2v) is 7.80. The first-order valence-electron chi connectivity index (χ1n) is 7.86. The van der Waals surface area contributed by atoms with Crippen molar-refractivity contribution in [3.05, 3.63) is 49.9 Å². The van der Waals surface area contributed by atoms with Crippen molar-refractivity contribution in [2.24, 2.45) is 0 Å². The van der Waals surface area contributed by atoms with Gasteiger partial charge in [-0.1, -0.05) is 23.2 Å². The lowest BCUT2D eigenvalue weighted by molar-refractivity contribution is -0.132. The van der Waals surface area contributed by atoms with E-state index in [2.05, 4.69) is 4.98 Å². The number of rotatable bonds is 3. The highest BCUT2D eigenvalue weighted by Gasteiger charge is 2.25. The van der Waals surface area contributed by atoms with Gasteiger partial charge in [0.15, 0.2) is 0 Å². The minimum Gasteiger partial charge on any atom is -0.339 e. The lowest BCUT2D eigenvalue weighted by Gasteiger charge is -2.34. The van der Waals surface area contributed by atoms with Crippen LogP contribution < -0.4 is 0 Å². The molecule has 0 spiro atoms. The number of hydrogen-bond donors (Lipinski definition) is 0. The van der Waals surface area contributed by atoms with E-state index in [0.717, 1.165) is 10.7 Å². The van der Waals surface area contributed by atoms with Gasteiger partial charge in [0.1, 0.15) is 0 Å². The van der Waals surface area contributed by atoms with Crippen molar-refractivity contribution in [2.45, 2.75) is 13.3 Å². The molecule has 0 N–H and O–H groups in total. The number of aryl methyl sites for hydroxylation is 1. The number of carbonyl (C=O) groups is 2. The monoisotopic (exact) mass is 397 g/mol. The molecule has 0 saturated carbocycles. The Morgan fingerprint density at radius 3 is 2.24 bits per heavy atom. The van der Waals surface area contributed by atoms with Crippen LogP contribution in [-0.2, 0) is 11.2 Å². The minimum absolute atomic E-state index is 0.0446. The highest BCUT2D eigenvalue weighted by molar-refractivity contribution is 7.09. The first kappa shape index (κ1) is 18.2. The van der Waals surface area contributed by atoms with Crippen LogP contribution in [0.1, 0.15) is 21.1 Å². The maximum atomic E-state index is 12.6. The summed E-state index contributed by atoms with van der Waals surface area (Å²) in [6, 6.07) is 4.81. The molecule has 2 amide bonds. The molecule has 132 valence electrons. The molecule has 2 aromatic rings. The summed E-state index contributed by atoms with van der Waals surface area (Å²) >= 11 is 13.5. The smallest absolute Gasteiger partial charge is 0.254 e. The summed E-state index contributed by atoms with van der Waals surface area (Å²) in [6.07, 6.45) is 0.308. The number of thiazole rings is 1. The van der Waals surface area contributed by atoms with Crippen LogP contribution in [0.25, 0.3) is 0 Å². The van der Waals surface area contributed by atoms with E-state index in [-0.39, 0.29) is 11.8 Å². The number of piperazine rings is 1. The van der Waals surface area contributed by atoms with Gasteiger partial charge in [0, 0.05) is 47.2 Å². The van der Waals surface area contributed by atoms with Crippen molar-refractivity contribution in [3.8, 4) is 0 Å². The zero-order valence-electron chi connectivity index (χ0n) is 13.7. The van der Waals surface area contributed by atoms with Gasteiger partial charge in [-0.15, -0.1) is 11.3 Å². The van der Waals surface area contributed by atoms with Crippen LogP contribution in [0.2, 0.25) is 10.0 Å². The van der Waals surface area contributed by atoms with Gasteiger partial charge in [-0.25, -0.2) is 4.98 Å². The largest absolute Gasteiger partial charge is 0.339 e. The lowest BCUT2D eigenvalue weighted by atomic mass is 10.1.